The van der Waals surface area contributed by atoms with Crippen LogP contribution in [0.2, 0.25) is 0 Å². The van der Waals surface area contributed by atoms with Crippen molar-refractivity contribution in [3.63, 3.8) is 0 Å². The van der Waals surface area contributed by atoms with E-state index in [9.17, 15) is 14.4 Å². The highest BCUT2D eigenvalue weighted by atomic mass is 79.9. The van der Waals surface area contributed by atoms with Crippen molar-refractivity contribution >= 4 is 33.8 Å². The zero-order valence-corrected chi connectivity index (χ0v) is 17.2. The summed E-state index contributed by atoms with van der Waals surface area (Å²) < 4.78 is 5.38. The van der Waals surface area contributed by atoms with Gasteiger partial charge in [0.05, 0.1) is 11.4 Å². The summed E-state index contributed by atoms with van der Waals surface area (Å²) in [5.41, 5.74) is 0.426. The predicted molar refractivity (Wildman–Crippen MR) is 102 cm³/mol. The van der Waals surface area contributed by atoms with Crippen molar-refractivity contribution in [2.45, 2.75) is 50.1 Å². The average Bonchev–Trinajstić information content (AvgIpc) is 2.87. The first kappa shape index (κ1) is 20.4. The molecule has 1 saturated heterocycles. The number of imide groups is 1. The minimum atomic E-state index is -0.920. The third kappa shape index (κ3) is 5.06. The normalized spacial score (nSPS) is 18.8. The summed E-state index contributed by atoms with van der Waals surface area (Å²) in [7, 11) is 1.57. The number of halogens is 1. The Morgan fingerprint density at radius 1 is 1.27 bits per heavy atom. The monoisotopic (exact) mass is 424 g/mol. The molecular weight excluding hydrogens is 400 g/mol. The SMILES string of the molecule is CN1C[C@@H](C(=O)OC(C)(C)C)N(C(=O)[C@H](Br)CCc2ccccc2)C1=O. The Bertz CT molecular complexity index is 672. The molecule has 0 radical (unpaired) electrons. The smallest absolute Gasteiger partial charge is 0.331 e. The number of urea groups is 1. The van der Waals surface area contributed by atoms with Crippen LogP contribution in [0.5, 0.6) is 0 Å². The number of carbonyl (C=O) groups is 3. The van der Waals surface area contributed by atoms with Gasteiger partial charge in [-0.05, 0) is 39.2 Å². The van der Waals surface area contributed by atoms with Gasteiger partial charge < -0.3 is 9.64 Å². The Balaban J connectivity index is 2.07. The number of hydrogen-bond acceptors (Lipinski definition) is 4. The van der Waals surface area contributed by atoms with Crippen LogP contribution >= 0.6 is 15.9 Å². The number of nitrogens with zero attached hydrogens (tertiary/aromatic N) is 2. The minimum absolute atomic E-state index is 0.137. The first-order chi connectivity index (χ1) is 12.1. The van der Waals surface area contributed by atoms with Gasteiger partial charge in [0.1, 0.15) is 5.60 Å². The highest BCUT2D eigenvalue weighted by Crippen LogP contribution is 2.23. The van der Waals surface area contributed by atoms with Gasteiger partial charge in [0, 0.05) is 7.05 Å². The number of aryl methyl sites for hydroxylation is 1. The van der Waals surface area contributed by atoms with Gasteiger partial charge in [0.25, 0.3) is 0 Å². The van der Waals surface area contributed by atoms with E-state index in [4.69, 9.17) is 4.74 Å². The molecule has 0 aliphatic carbocycles. The highest BCUT2D eigenvalue weighted by molar-refractivity contribution is 9.10. The van der Waals surface area contributed by atoms with Crippen molar-refractivity contribution in [3.8, 4) is 0 Å². The van der Waals surface area contributed by atoms with Gasteiger partial charge in [-0.3, -0.25) is 4.79 Å². The van der Waals surface area contributed by atoms with E-state index < -0.39 is 34.4 Å². The Hall–Kier alpha value is -1.89. The lowest BCUT2D eigenvalue weighted by Gasteiger charge is -2.26. The molecule has 0 unspecified atom stereocenters. The molecule has 0 aromatic heterocycles. The van der Waals surface area contributed by atoms with Crippen molar-refractivity contribution in [3.05, 3.63) is 35.9 Å². The maximum atomic E-state index is 12.8. The minimum Gasteiger partial charge on any atom is -0.458 e. The molecule has 2 rings (SSSR count). The Labute approximate surface area is 162 Å². The van der Waals surface area contributed by atoms with Crippen LogP contribution in [0.3, 0.4) is 0 Å². The Kier molecular flexibility index (Phi) is 6.44. The van der Waals surface area contributed by atoms with Gasteiger partial charge >= 0.3 is 12.0 Å². The number of amides is 3. The zero-order valence-electron chi connectivity index (χ0n) is 15.6. The largest absolute Gasteiger partial charge is 0.458 e. The van der Waals surface area contributed by atoms with Gasteiger partial charge in [0.2, 0.25) is 5.91 Å². The number of benzene rings is 1. The maximum Gasteiger partial charge on any atom is 0.331 e. The first-order valence-electron chi connectivity index (χ1n) is 8.59. The van der Waals surface area contributed by atoms with Crippen LogP contribution in [0.15, 0.2) is 30.3 Å². The highest BCUT2D eigenvalue weighted by Gasteiger charge is 2.46. The molecule has 26 heavy (non-hydrogen) atoms. The second kappa shape index (κ2) is 8.20. The number of esters is 1. The summed E-state index contributed by atoms with van der Waals surface area (Å²) in [6.07, 6.45) is 1.22. The van der Waals surface area contributed by atoms with E-state index in [0.29, 0.717) is 12.8 Å². The quantitative estimate of drug-likeness (QED) is 0.538. The van der Waals surface area contributed by atoms with Crippen LogP contribution in [0.1, 0.15) is 32.8 Å². The summed E-state index contributed by atoms with van der Waals surface area (Å²) in [6, 6.07) is 8.40. The van der Waals surface area contributed by atoms with Gasteiger partial charge in [0.15, 0.2) is 6.04 Å². The fraction of sp³-hybridized carbons (Fsp3) is 0.526. The van der Waals surface area contributed by atoms with Gasteiger partial charge in [-0.15, -0.1) is 0 Å². The van der Waals surface area contributed by atoms with Gasteiger partial charge in [-0.2, -0.15) is 0 Å². The third-order valence-corrected chi connectivity index (χ3v) is 4.85. The van der Waals surface area contributed by atoms with Crippen molar-refractivity contribution in [2.24, 2.45) is 0 Å². The summed E-state index contributed by atoms with van der Waals surface area (Å²) >= 11 is 3.38. The van der Waals surface area contributed by atoms with Crippen LogP contribution in [-0.4, -0.2) is 57.8 Å². The first-order valence-corrected chi connectivity index (χ1v) is 9.51. The Morgan fingerprint density at radius 2 is 1.88 bits per heavy atom. The molecule has 6 nitrogen and oxygen atoms in total. The molecule has 1 aliphatic rings. The van der Waals surface area contributed by atoms with E-state index in [-0.39, 0.29) is 6.54 Å². The van der Waals surface area contributed by atoms with E-state index in [1.54, 1.807) is 27.8 Å². The van der Waals surface area contributed by atoms with Crippen molar-refractivity contribution < 1.29 is 19.1 Å². The summed E-state index contributed by atoms with van der Waals surface area (Å²) in [5, 5.41) is 0. The van der Waals surface area contributed by atoms with E-state index in [2.05, 4.69) is 15.9 Å². The topological polar surface area (TPSA) is 66.9 Å². The summed E-state index contributed by atoms with van der Waals surface area (Å²) in [5.74, 6) is -0.975. The molecular formula is C19H25BrN2O4. The molecule has 7 heteroatoms. The molecule has 0 saturated carbocycles. The molecule has 1 aliphatic heterocycles. The number of ether oxygens (including phenoxy) is 1. The summed E-state index contributed by atoms with van der Waals surface area (Å²) in [6.45, 7) is 5.40. The number of rotatable bonds is 5. The van der Waals surface area contributed by atoms with E-state index in [0.717, 1.165) is 10.5 Å². The number of alkyl halides is 1. The molecule has 1 fully saturated rings. The number of likely N-dealkylation sites (N-methyl/N-ethyl adjacent to an activating group) is 1. The zero-order chi connectivity index (χ0) is 19.5. The molecule has 2 atom stereocenters. The molecule has 1 heterocycles. The van der Waals surface area contributed by atoms with E-state index in [1.165, 1.54) is 4.90 Å². The Morgan fingerprint density at radius 3 is 2.46 bits per heavy atom. The summed E-state index contributed by atoms with van der Waals surface area (Å²) in [4.78, 5) is 39.5. The second-order valence-electron chi connectivity index (χ2n) is 7.41. The van der Waals surface area contributed by atoms with Gasteiger partial charge in [-0.25, -0.2) is 14.5 Å². The molecule has 0 spiro atoms. The van der Waals surface area contributed by atoms with Gasteiger partial charge in [-0.1, -0.05) is 46.3 Å². The fourth-order valence-electron chi connectivity index (χ4n) is 2.75. The van der Waals surface area contributed by atoms with Crippen LogP contribution in [0.25, 0.3) is 0 Å². The second-order valence-corrected chi connectivity index (χ2v) is 8.52. The molecule has 1 aromatic rings. The van der Waals surface area contributed by atoms with Crippen LogP contribution in [0.4, 0.5) is 4.79 Å². The van der Waals surface area contributed by atoms with Crippen molar-refractivity contribution in [2.75, 3.05) is 13.6 Å². The average molecular weight is 425 g/mol. The lowest BCUT2D eigenvalue weighted by molar-refractivity contribution is -0.161. The predicted octanol–water partition coefficient (Wildman–Crippen LogP) is 2.99. The van der Waals surface area contributed by atoms with Crippen molar-refractivity contribution in [1.82, 2.24) is 9.80 Å². The van der Waals surface area contributed by atoms with Crippen LogP contribution < -0.4 is 0 Å². The number of carbonyl (C=O) groups excluding carboxylic acids is 3. The van der Waals surface area contributed by atoms with E-state index >= 15 is 0 Å². The van der Waals surface area contributed by atoms with Crippen molar-refractivity contribution in [1.29, 1.82) is 0 Å². The maximum absolute atomic E-state index is 12.8. The fourth-order valence-corrected chi connectivity index (χ4v) is 3.20. The molecule has 1 aromatic carbocycles. The standard InChI is InChI=1S/C19H25BrN2O4/c1-19(2,3)26-17(24)15-12-21(4)18(25)22(15)16(23)14(20)11-10-13-8-6-5-7-9-13/h5-9,14-15H,10-12H2,1-4H3/t14-,15+/m1/s1. The molecule has 142 valence electrons. The van der Waals surface area contributed by atoms with E-state index in [1.807, 2.05) is 30.3 Å². The molecule has 0 bridgehead atoms. The third-order valence-electron chi connectivity index (χ3n) is 4.00. The molecule has 0 N–H and O–H groups in total. The lowest BCUT2D eigenvalue weighted by atomic mass is 10.1. The van der Waals surface area contributed by atoms with Crippen LogP contribution in [0, 0.1) is 0 Å². The van der Waals surface area contributed by atoms with Crippen LogP contribution in [-0.2, 0) is 20.7 Å². The lowest BCUT2D eigenvalue weighted by Crippen LogP contribution is -2.48. The molecule has 3 amide bonds. The number of hydrogen-bond donors (Lipinski definition) is 0.